The summed E-state index contributed by atoms with van der Waals surface area (Å²) in [6.07, 6.45) is 3.64. The second-order valence-electron chi connectivity index (χ2n) is 6.16. The van der Waals surface area contributed by atoms with Crippen molar-refractivity contribution >= 4 is 0 Å². The number of hydrogen-bond acceptors (Lipinski definition) is 1. The van der Waals surface area contributed by atoms with Crippen LogP contribution in [0.3, 0.4) is 0 Å². The summed E-state index contributed by atoms with van der Waals surface area (Å²) < 4.78 is 6.07. The fraction of sp³-hybridized carbons (Fsp3) is 0.368. The Balaban J connectivity index is 2.05. The summed E-state index contributed by atoms with van der Waals surface area (Å²) in [7, 11) is 0. The van der Waals surface area contributed by atoms with Crippen LogP contribution in [0.2, 0.25) is 0 Å². The number of para-hydroxylation sites is 1. The van der Waals surface area contributed by atoms with E-state index in [-0.39, 0.29) is 5.41 Å². The fourth-order valence-electron chi connectivity index (χ4n) is 3.03. The van der Waals surface area contributed by atoms with Crippen LogP contribution in [0, 0.1) is 0 Å². The molecule has 0 spiro atoms. The Hall–Kier alpha value is -1.76. The zero-order chi connectivity index (χ0) is 14.2. The van der Waals surface area contributed by atoms with Crippen molar-refractivity contribution in [1.29, 1.82) is 0 Å². The Labute approximate surface area is 121 Å². The van der Waals surface area contributed by atoms with Crippen LogP contribution in [0.15, 0.2) is 42.5 Å². The van der Waals surface area contributed by atoms with Crippen LogP contribution in [-0.4, -0.2) is 0 Å². The van der Waals surface area contributed by atoms with E-state index < -0.39 is 0 Å². The number of unbranched alkanes of at least 4 members (excludes halogenated alkanes) is 1. The predicted molar refractivity (Wildman–Crippen MR) is 83.7 cm³/mol. The molecule has 1 nitrogen and oxygen atoms in total. The number of fused-ring (bicyclic) bond motifs is 2. The van der Waals surface area contributed by atoms with Crippen molar-refractivity contribution in [3.05, 3.63) is 59.2 Å². The summed E-state index contributed by atoms with van der Waals surface area (Å²) in [4.78, 5) is 0. The Kier molecular flexibility index (Phi) is 3.29. The van der Waals surface area contributed by atoms with E-state index in [9.17, 15) is 0 Å². The van der Waals surface area contributed by atoms with Crippen molar-refractivity contribution in [2.24, 2.45) is 0 Å². The van der Waals surface area contributed by atoms with Gasteiger partial charge in [-0.25, -0.2) is 0 Å². The molecule has 0 unspecified atom stereocenters. The lowest BCUT2D eigenvalue weighted by Gasteiger charge is -2.34. The standard InChI is InChI=1S/C19H22O/c1-4-5-8-14-11-12-18-16(13-14)19(2,3)15-9-6-7-10-17(15)20-18/h6-7,9-13H,4-5,8H2,1-3H3. The predicted octanol–water partition coefficient (Wildman–Crippen LogP) is 5.46. The summed E-state index contributed by atoms with van der Waals surface area (Å²) in [5.74, 6) is 2.00. The monoisotopic (exact) mass is 266 g/mol. The minimum absolute atomic E-state index is 0.00635. The molecule has 0 radical (unpaired) electrons. The summed E-state index contributed by atoms with van der Waals surface area (Å²) in [6, 6.07) is 15.0. The maximum Gasteiger partial charge on any atom is 0.131 e. The molecule has 2 aromatic carbocycles. The summed E-state index contributed by atoms with van der Waals surface area (Å²) in [6.45, 7) is 6.81. The van der Waals surface area contributed by atoms with Gasteiger partial charge in [-0.2, -0.15) is 0 Å². The smallest absolute Gasteiger partial charge is 0.131 e. The van der Waals surface area contributed by atoms with E-state index in [4.69, 9.17) is 4.74 Å². The lowest BCUT2D eigenvalue weighted by molar-refractivity contribution is 0.417. The van der Waals surface area contributed by atoms with Gasteiger partial charge in [-0.3, -0.25) is 0 Å². The Morgan fingerprint density at radius 1 is 0.950 bits per heavy atom. The molecule has 1 heterocycles. The van der Waals surface area contributed by atoms with Gasteiger partial charge in [-0.15, -0.1) is 0 Å². The van der Waals surface area contributed by atoms with Gasteiger partial charge in [0.25, 0.3) is 0 Å². The molecule has 20 heavy (non-hydrogen) atoms. The van der Waals surface area contributed by atoms with Crippen LogP contribution in [-0.2, 0) is 11.8 Å². The van der Waals surface area contributed by atoms with Crippen molar-refractivity contribution < 1.29 is 4.74 Å². The second-order valence-corrected chi connectivity index (χ2v) is 6.16. The highest BCUT2D eigenvalue weighted by Gasteiger charge is 2.33. The van der Waals surface area contributed by atoms with Gasteiger partial charge in [0.1, 0.15) is 11.5 Å². The van der Waals surface area contributed by atoms with E-state index >= 15 is 0 Å². The Bertz CT molecular complexity index is 625. The lowest BCUT2D eigenvalue weighted by Crippen LogP contribution is -2.24. The molecule has 3 rings (SSSR count). The lowest BCUT2D eigenvalue weighted by atomic mass is 9.75. The second kappa shape index (κ2) is 4.97. The van der Waals surface area contributed by atoms with Crippen LogP contribution in [0.25, 0.3) is 0 Å². The van der Waals surface area contributed by atoms with Crippen LogP contribution >= 0.6 is 0 Å². The van der Waals surface area contributed by atoms with Crippen LogP contribution in [0.5, 0.6) is 11.5 Å². The van der Waals surface area contributed by atoms with Crippen molar-refractivity contribution in [3.63, 3.8) is 0 Å². The number of hydrogen-bond donors (Lipinski definition) is 0. The third-order valence-electron chi connectivity index (χ3n) is 4.32. The van der Waals surface area contributed by atoms with Gasteiger partial charge >= 0.3 is 0 Å². The van der Waals surface area contributed by atoms with Crippen LogP contribution in [0.1, 0.15) is 50.3 Å². The highest BCUT2D eigenvalue weighted by molar-refractivity contribution is 5.57. The molecule has 0 aliphatic carbocycles. The van der Waals surface area contributed by atoms with Gasteiger partial charge in [0, 0.05) is 16.5 Å². The molecule has 2 aromatic rings. The molecule has 104 valence electrons. The molecule has 0 saturated heterocycles. The topological polar surface area (TPSA) is 9.23 Å². The quantitative estimate of drug-likeness (QED) is 0.716. The average Bonchev–Trinajstić information content (AvgIpc) is 2.46. The summed E-state index contributed by atoms with van der Waals surface area (Å²) in [5.41, 5.74) is 4.01. The van der Waals surface area contributed by atoms with Crippen molar-refractivity contribution in [3.8, 4) is 11.5 Å². The van der Waals surface area contributed by atoms with E-state index in [2.05, 4.69) is 57.2 Å². The Morgan fingerprint density at radius 3 is 2.50 bits per heavy atom. The SMILES string of the molecule is CCCCc1ccc2c(c1)C(C)(C)c1ccccc1O2. The molecular formula is C19H22O. The maximum atomic E-state index is 6.07. The van der Waals surface area contributed by atoms with Gasteiger partial charge in [0.05, 0.1) is 0 Å². The molecule has 0 fully saturated rings. The molecule has 1 heteroatoms. The zero-order valence-corrected chi connectivity index (χ0v) is 12.6. The van der Waals surface area contributed by atoms with E-state index in [1.807, 2.05) is 6.07 Å². The van der Waals surface area contributed by atoms with Gasteiger partial charge < -0.3 is 4.74 Å². The third-order valence-corrected chi connectivity index (χ3v) is 4.32. The molecule has 0 amide bonds. The summed E-state index contributed by atoms with van der Waals surface area (Å²) >= 11 is 0. The van der Waals surface area contributed by atoms with Crippen molar-refractivity contribution in [2.45, 2.75) is 45.4 Å². The molecule has 0 atom stereocenters. The first-order valence-corrected chi connectivity index (χ1v) is 7.53. The molecule has 0 bridgehead atoms. The molecular weight excluding hydrogens is 244 g/mol. The average molecular weight is 266 g/mol. The van der Waals surface area contributed by atoms with Gasteiger partial charge in [0.15, 0.2) is 0 Å². The van der Waals surface area contributed by atoms with Crippen LogP contribution < -0.4 is 4.74 Å². The normalized spacial score (nSPS) is 15.2. The zero-order valence-electron chi connectivity index (χ0n) is 12.6. The Morgan fingerprint density at radius 2 is 1.70 bits per heavy atom. The number of benzene rings is 2. The number of rotatable bonds is 3. The minimum Gasteiger partial charge on any atom is -0.457 e. The molecule has 0 saturated carbocycles. The first-order chi connectivity index (χ1) is 9.63. The molecule has 0 aromatic heterocycles. The van der Waals surface area contributed by atoms with E-state index in [0.717, 1.165) is 17.9 Å². The van der Waals surface area contributed by atoms with E-state index in [0.29, 0.717) is 0 Å². The number of ether oxygens (including phenoxy) is 1. The van der Waals surface area contributed by atoms with Crippen molar-refractivity contribution in [1.82, 2.24) is 0 Å². The first kappa shape index (κ1) is 13.2. The largest absolute Gasteiger partial charge is 0.457 e. The number of aryl methyl sites for hydroxylation is 1. The highest BCUT2D eigenvalue weighted by Crippen LogP contribution is 2.47. The maximum absolute atomic E-state index is 6.07. The minimum atomic E-state index is 0.00635. The van der Waals surface area contributed by atoms with Gasteiger partial charge in [0.2, 0.25) is 0 Å². The van der Waals surface area contributed by atoms with E-state index in [1.165, 1.54) is 29.5 Å². The molecule has 0 N–H and O–H groups in total. The third kappa shape index (κ3) is 2.11. The van der Waals surface area contributed by atoms with Gasteiger partial charge in [-0.1, -0.05) is 57.5 Å². The highest BCUT2D eigenvalue weighted by atomic mass is 16.5. The van der Waals surface area contributed by atoms with Crippen LogP contribution in [0.4, 0.5) is 0 Å². The first-order valence-electron chi connectivity index (χ1n) is 7.53. The molecule has 1 aliphatic rings. The van der Waals surface area contributed by atoms with E-state index in [1.54, 1.807) is 0 Å². The van der Waals surface area contributed by atoms with Crippen molar-refractivity contribution in [2.75, 3.05) is 0 Å². The molecule has 1 aliphatic heterocycles. The summed E-state index contributed by atoms with van der Waals surface area (Å²) in [5, 5.41) is 0. The van der Waals surface area contributed by atoms with Gasteiger partial charge in [-0.05, 0) is 30.5 Å². The fourth-order valence-corrected chi connectivity index (χ4v) is 3.03.